The van der Waals surface area contributed by atoms with E-state index < -0.39 is 0 Å². The third-order valence-corrected chi connectivity index (χ3v) is 3.71. The summed E-state index contributed by atoms with van der Waals surface area (Å²) in [4.78, 5) is 8.64. The molecule has 0 bridgehead atoms. The summed E-state index contributed by atoms with van der Waals surface area (Å²) >= 11 is 12.0. The number of anilines is 2. The van der Waals surface area contributed by atoms with Gasteiger partial charge in [-0.1, -0.05) is 23.2 Å². The minimum Gasteiger partial charge on any atom is -0.382 e. The van der Waals surface area contributed by atoms with E-state index in [0.29, 0.717) is 21.9 Å². The molecule has 1 aliphatic heterocycles. The van der Waals surface area contributed by atoms with Crippen molar-refractivity contribution in [2.45, 2.75) is 12.5 Å². The van der Waals surface area contributed by atoms with Gasteiger partial charge in [0.2, 0.25) is 0 Å². The highest BCUT2D eigenvalue weighted by Crippen LogP contribution is 2.32. The van der Waals surface area contributed by atoms with E-state index in [0.717, 1.165) is 25.3 Å². The van der Waals surface area contributed by atoms with Gasteiger partial charge in [0.1, 0.15) is 11.6 Å². The van der Waals surface area contributed by atoms with Crippen molar-refractivity contribution in [3.8, 4) is 0 Å². The molecular formula is C11H16Cl2N4. The summed E-state index contributed by atoms with van der Waals surface area (Å²) in [7, 11) is 4.17. The Morgan fingerprint density at radius 1 is 1.41 bits per heavy atom. The van der Waals surface area contributed by atoms with Crippen molar-refractivity contribution in [3.05, 3.63) is 16.1 Å². The molecule has 1 aromatic heterocycles. The summed E-state index contributed by atoms with van der Waals surface area (Å²) in [5.74, 6) is 1.07. The molecule has 1 aromatic rings. The van der Waals surface area contributed by atoms with Crippen molar-refractivity contribution in [3.63, 3.8) is 0 Å². The second-order valence-electron chi connectivity index (χ2n) is 4.51. The molecule has 1 unspecified atom stereocenters. The maximum atomic E-state index is 6.15. The lowest BCUT2D eigenvalue weighted by molar-refractivity contribution is 0.315. The minimum atomic E-state index is 0.333. The van der Waals surface area contributed by atoms with E-state index in [-0.39, 0.29) is 0 Å². The van der Waals surface area contributed by atoms with Crippen molar-refractivity contribution in [1.29, 1.82) is 0 Å². The van der Waals surface area contributed by atoms with Crippen LogP contribution in [0.25, 0.3) is 0 Å². The number of nitrogen functional groups attached to an aromatic ring is 1. The maximum absolute atomic E-state index is 6.15. The van der Waals surface area contributed by atoms with Crippen LogP contribution < -0.4 is 10.6 Å². The summed E-state index contributed by atoms with van der Waals surface area (Å²) < 4.78 is 0. The lowest BCUT2D eigenvalue weighted by Crippen LogP contribution is -2.31. The van der Waals surface area contributed by atoms with Crippen LogP contribution in [-0.2, 0) is 0 Å². The lowest BCUT2D eigenvalue weighted by Gasteiger charge is -2.22. The van der Waals surface area contributed by atoms with Crippen molar-refractivity contribution >= 4 is 34.8 Å². The van der Waals surface area contributed by atoms with Crippen molar-refractivity contribution in [2.24, 2.45) is 0 Å². The van der Waals surface area contributed by atoms with Crippen LogP contribution >= 0.6 is 23.2 Å². The number of aromatic nitrogens is 1. The minimum absolute atomic E-state index is 0.333. The summed E-state index contributed by atoms with van der Waals surface area (Å²) in [6.07, 6.45) is 1.10. The monoisotopic (exact) mass is 274 g/mol. The number of nitrogens with zero attached hydrogens (tertiary/aromatic N) is 3. The molecule has 2 rings (SSSR count). The van der Waals surface area contributed by atoms with Crippen LogP contribution in [0.15, 0.2) is 6.07 Å². The first-order chi connectivity index (χ1) is 7.99. The predicted molar refractivity (Wildman–Crippen MR) is 73.0 cm³/mol. The second-order valence-corrected chi connectivity index (χ2v) is 5.33. The number of hydrogen-bond donors (Lipinski definition) is 1. The Balaban J connectivity index is 2.22. The maximum Gasteiger partial charge on any atom is 0.149 e. The van der Waals surface area contributed by atoms with Gasteiger partial charge >= 0.3 is 0 Å². The zero-order valence-electron chi connectivity index (χ0n) is 9.95. The Morgan fingerprint density at radius 2 is 2.12 bits per heavy atom. The molecule has 0 radical (unpaired) electrons. The summed E-state index contributed by atoms with van der Waals surface area (Å²) in [5.41, 5.74) is 5.71. The summed E-state index contributed by atoms with van der Waals surface area (Å²) in [6.45, 7) is 1.86. The Hall–Kier alpha value is -0.710. The van der Waals surface area contributed by atoms with Crippen LogP contribution in [0.4, 0.5) is 11.6 Å². The largest absolute Gasteiger partial charge is 0.382 e. The van der Waals surface area contributed by atoms with Gasteiger partial charge in [-0.2, -0.15) is 0 Å². The van der Waals surface area contributed by atoms with Crippen LogP contribution in [0.1, 0.15) is 6.42 Å². The van der Waals surface area contributed by atoms with Crippen LogP contribution in [0, 0.1) is 0 Å². The first-order valence-electron chi connectivity index (χ1n) is 5.52. The van der Waals surface area contributed by atoms with Crippen LogP contribution in [-0.4, -0.2) is 43.1 Å². The SMILES string of the molecule is CN(C)C1CCN(c2nc(N)c(Cl)cc2Cl)C1. The summed E-state index contributed by atoms with van der Waals surface area (Å²) in [6, 6.07) is 2.19. The van der Waals surface area contributed by atoms with Crippen LogP contribution in [0.5, 0.6) is 0 Å². The molecular weight excluding hydrogens is 259 g/mol. The molecule has 1 aliphatic rings. The molecule has 17 heavy (non-hydrogen) atoms. The Kier molecular flexibility index (Phi) is 3.66. The zero-order valence-corrected chi connectivity index (χ0v) is 11.5. The highest BCUT2D eigenvalue weighted by Gasteiger charge is 2.26. The molecule has 1 fully saturated rings. The number of pyridine rings is 1. The van der Waals surface area contributed by atoms with E-state index in [2.05, 4.69) is 28.9 Å². The van der Waals surface area contributed by atoms with Crippen LogP contribution in [0.2, 0.25) is 10.0 Å². The number of halogens is 2. The fraction of sp³-hybridized carbons (Fsp3) is 0.545. The zero-order chi connectivity index (χ0) is 12.6. The van der Waals surface area contributed by atoms with Gasteiger partial charge in [0, 0.05) is 19.1 Å². The van der Waals surface area contributed by atoms with E-state index >= 15 is 0 Å². The molecule has 0 aliphatic carbocycles. The van der Waals surface area contributed by atoms with Gasteiger partial charge in [0.25, 0.3) is 0 Å². The van der Waals surface area contributed by atoms with E-state index in [4.69, 9.17) is 28.9 Å². The normalized spacial score (nSPS) is 20.3. The average Bonchev–Trinajstić information content (AvgIpc) is 2.72. The van der Waals surface area contributed by atoms with Gasteiger partial charge in [0.05, 0.1) is 10.0 Å². The van der Waals surface area contributed by atoms with Crippen LogP contribution in [0.3, 0.4) is 0 Å². The van der Waals surface area contributed by atoms with E-state index in [1.165, 1.54) is 0 Å². The van der Waals surface area contributed by atoms with Crippen molar-refractivity contribution in [2.75, 3.05) is 37.8 Å². The predicted octanol–water partition coefficient (Wildman–Crippen LogP) is 2.11. The fourth-order valence-electron chi connectivity index (χ4n) is 2.05. The highest BCUT2D eigenvalue weighted by molar-refractivity contribution is 6.37. The Morgan fingerprint density at radius 3 is 2.71 bits per heavy atom. The first kappa shape index (κ1) is 12.7. The van der Waals surface area contributed by atoms with Crippen molar-refractivity contribution < 1.29 is 0 Å². The number of rotatable bonds is 2. The van der Waals surface area contributed by atoms with E-state index in [1.54, 1.807) is 6.07 Å². The van der Waals surface area contributed by atoms with Gasteiger partial charge < -0.3 is 15.5 Å². The number of nitrogens with two attached hydrogens (primary N) is 1. The van der Waals surface area contributed by atoms with Gasteiger partial charge in [0.15, 0.2) is 0 Å². The van der Waals surface area contributed by atoms with E-state index in [9.17, 15) is 0 Å². The standard InChI is InChI=1S/C11H16Cl2N4/c1-16(2)7-3-4-17(6-7)11-9(13)5-8(12)10(14)15-11/h5,7H,3-4,6H2,1-2H3,(H2,14,15). The molecule has 2 N–H and O–H groups in total. The third-order valence-electron chi connectivity index (χ3n) is 3.13. The average molecular weight is 275 g/mol. The molecule has 0 saturated carbocycles. The van der Waals surface area contributed by atoms with Gasteiger partial charge in [-0.05, 0) is 26.6 Å². The van der Waals surface area contributed by atoms with Crippen molar-refractivity contribution in [1.82, 2.24) is 9.88 Å². The Labute approximate surface area is 111 Å². The summed E-state index contributed by atoms with van der Waals surface area (Å²) in [5, 5.41) is 0.964. The molecule has 0 amide bonds. The molecule has 94 valence electrons. The molecule has 4 nitrogen and oxygen atoms in total. The molecule has 6 heteroatoms. The smallest absolute Gasteiger partial charge is 0.149 e. The molecule has 1 atom stereocenters. The number of likely N-dealkylation sites (N-methyl/N-ethyl adjacent to an activating group) is 1. The second kappa shape index (κ2) is 4.88. The lowest BCUT2D eigenvalue weighted by atomic mass is 10.2. The quantitative estimate of drug-likeness (QED) is 0.898. The Bertz CT molecular complexity index is 422. The third kappa shape index (κ3) is 2.59. The first-order valence-corrected chi connectivity index (χ1v) is 6.27. The van der Waals surface area contributed by atoms with Gasteiger partial charge in [-0.15, -0.1) is 0 Å². The van der Waals surface area contributed by atoms with E-state index in [1.807, 2.05) is 0 Å². The highest BCUT2D eigenvalue weighted by atomic mass is 35.5. The topological polar surface area (TPSA) is 45.4 Å². The number of hydrogen-bond acceptors (Lipinski definition) is 4. The fourth-order valence-corrected chi connectivity index (χ4v) is 2.53. The van der Waals surface area contributed by atoms with Gasteiger partial charge in [-0.25, -0.2) is 4.98 Å². The van der Waals surface area contributed by atoms with Gasteiger partial charge in [-0.3, -0.25) is 0 Å². The molecule has 0 aromatic carbocycles. The molecule has 2 heterocycles. The molecule has 1 saturated heterocycles. The molecule has 0 spiro atoms.